The van der Waals surface area contributed by atoms with Gasteiger partial charge in [0.15, 0.2) is 0 Å². The van der Waals surface area contributed by atoms with Crippen LogP contribution in [0.1, 0.15) is 37.4 Å². The third-order valence-corrected chi connectivity index (χ3v) is 5.44. The average molecular weight is 313 g/mol. The van der Waals surface area contributed by atoms with E-state index in [0.29, 0.717) is 0 Å². The molecule has 118 valence electrons. The Morgan fingerprint density at radius 1 is 1.33 bits per heavy atom. The highest BCUT2D eigenvalue weighted by Gasteiger charge is 2.47. The molecule has 1 saturated carbocycles. The summed E-state index contributed by atoms with van der Waals surface area (Å²) in [4.78, 5) is 2.62. The lowest BCUT2D eigenvalue weighted by Gasteiger charge is -2.48. The zero-order chi connectivity index (χ0) is 14.9. The van der Waals surface area contributed by atoms with Gasteiger partial charge in [0, 0.05) is 25.7 Å². The van der Waals surface area contributed by atoms with Crippen LogP contribution < -0.4 is 5.32 Å². The standard InChI is InChI=1S/C15H25ClN4O/c1-17-14(13-12(16)11-18-19(13)2)15(5-3-4-6-15)20-7-9-21-10-8-20/h11,14,17H,3-10H2,1-2H3. The second-order valence-corrected chi connectivity index (χ2v) is 6.54. The molecule has 1 aliphatic heterocycles. The lowest BCUT2D eigenvalue weighted by molar-refractivity contribution is -0.0364. The van der Waals surface area contributed by atoms with Crippen LogP contribution in [0.15, 0.2) is 6.20 Å². The quantitative estimate of drug-likeness (QED) is 0.923. The number of morpholine rings is 1. The van der Waals surface area contributed by atoms with Gasteiger partial charge in [-0.15, -0.1) is 0 Å². The van der Waals surface area contributed by atoms with Crippen molar-refractivity contribution in [2.45, 2.75) is 37.3 Å². The van der Waals surface area contributed by atoms with Crippen LogP contribution in [0.2, 0.25) is 5.02 Å². The van der Waals surface area contributed by atoms with Gasteiger partial charge in [0.2, 0.25) is 0 Å². The highest BCUT2D eigenvalue weighted by molar-refractivity contribution is 6.31. The first-order valence-electron chi connectivity index (χ1n) is 7.86. The Kier molecular flexibility index (Phi) is 4.54. The Hall–Kier alpha value is -0.620. The topological polar surface area (TPSA) is 42.3 Å². The van der Waals surface area contributed by atoms with Crippen LogP contribution in [0.4, 0.5) is 0 Å². The Bertz CT molecular complexity index is 459. The summed E-state index contributed by atoms with van der Waals surface area (Å²) in [5, 5.41) is 8.63. The van der Waals surface area contributed by atoms with Gasteiger partial charge in [0.1, 0.15) is 0 Å². The van der Waals surface area contributed by atoms with Gasteiger partial charge < -0.3 is 10.1 Å². The zero-order valence-corrected chi connectivity index (χ0v) is 13.7. The van der Waals surface area contributed by atoms with Crippen molar-refractivity contribution in [2.24, 2.45) is 7.05 Å². The van der Waals surface area contributed by atoms with Crippen molar-refractivity contribution in [3.63, 3.8) is 0 Å². The van der Waals surface area contributed by atoms with Crippen LogP contribution in [0.3, 0.4) is 0 Å². The van der Waals surface area contributed by atoms with Gasteiger partial charge in [-0.2, -0.15) is 5.10 Å². The monoisotopic (exact) mass is 312 g/mol. The van der Waals surface area contributed by atoms with Gasteiger partial charge in [0.25, 0.3) is 0 Å². The maximum atomic E-state index is 6.43. The maximum absolute atomic E-state index is 6.43. The Morgan fingerprint density at radius 3 is 2.52 bits per heavy atom. The fourth-order valence-corrected chi connectivity index (χ4v) is 4.46. The summed E-state index contributed by atoms with van der Waals surface area (Å²) in [7, 11) is 4.02. The summed E-state index contributed by atoms with van der Waals surface area (Å²) >= 11 is 6.43. The van der Waals surface area contributed by atoms with E-state index in [9.17, 15) is 0 Å². The molecule has 0 aromatic carbocycles. The lowest BCUT2D eigenvalue weighted by atomic mass is 9.83. The molecule has 21 heavy (non-hydrogen) atoms. The first-order valence-corrected chi connectivity index (χ1v) is 8.24. The van der Waals surface area contributed by atoms with Gasteiger partial charge in [0.05, 0.1) is 36.2 Å². The Morgan fingerprint density at radius 2 is 2.00 bits per heavy atom. The SMILES string of the molecule is CNC(c1c(Cl)cnn1C)C1(N2CCOCC2)CCCC1. The summed E-state index contributed by atoms with van der Waals surface area (Å²) < 4.78 is 7.47. The first kappa shape index (κ1) is 15.3. The Labute approximate surface area is 131 Å². The number of aryl methyl sites for hydroxylation is 1. The smallest absolute Gasteiger partial charge is 0.0834 e. The summed E-state index contributed by atoms with van der Waals surface area (Å²) in [5.74, 6) is 0. The van der Waals surface area contributed by atoms with E-state index in [1.54, 1.807) is 6.20 Å². The minimum absolute atomic E-state index is 0.135. The van der Waals surface area contributed by atoms with Crippen LogP contribution in [-0.2, 0) is 11.8 Å². The maximum Gasteiger partial charge on any atom is 0.0834 e. The Balaban J connectivity index is 1.98. The highest BCUT2D eigenvalue weighted by atomic mass is 35.5. The van der Waals surface area contributed by atoms with Crippen molar-refractivity contribution in [2.75, 3.05) is 33.4 Å². The van der Waals surface area contributed by atoms with Gasteiger partial charge >= 0.3 is 0 Å². The molecular weight excluding hydrogens is 288 g/mol. The molecule has 0 radical (unpaired) electrons. The van der Waals surface area contributed by atoms with Gasteiger partial charge in [-0.05, 0) is 19.9 Å². The number of likely N-dealkylation sites (N-methyl/N-ethyl adjacent to an activating group) is 1. The summed E-state index contributed by atoms with van der Waals surface area (Å²) in [5.41, 5.74) is 1.24. The molecule has 5 nitrogen and oxygen atoms in total. The molecule has 0 bridgehead atoms. The van der Waals surface area contributed by atoms with Crippen molar-refractivity contribution in [3.8, 4) is 0 Å². The van der Waals surface area contributed by atoms with E-state index in [4.69, 9.17) is 16.3 Å². The molecule has 2 heterocycles. The number of hydrogen-bond acceptors (Lipinski definition) is 4. The molecule has 1 aliphatic carbocycles. The molecule has 1 aromatic heterocycles. The second-order valence-electron chi connectivity index (χ2n) is 6.13. The highest BCUT2D eigenvalue weighted by Crippen LogP contribution is 2.45. The number of nitrogens with zero attached hydrogens (tertiary/aromatic N) is 3. The van der Waals surface area contributed by atoms with Gasteiger partial charge in [-0.1, -0.05) is 24.4 Å². The molecule has 1 atom stereocenters. The number of rotatable bonds is 4. The van der Waals surface area contributed by atoms with Crippen LogP contribution in [0.25, 0.3) is 0 Å². The van der Waals surface area contributed by atoms with E-state index in [1.165, 1.54) is 25.7 Å². The molecule has 2 fully saturated rings. The van der Waals surface area contributed by atoms with Gasteiger partial charge in [-0.25, -0.2) is 0 Å². The van der Waals surface area contributed by atoms with Gasteiger partial charge in [-0.3, -0.25) is 9.58 Å². The molecule has 3 rings (SSSR count). The van der Waals surface area contributed by atoms with Crippen molar-refractivity contribution in [1.82, 2.24) is 20.0 Å². The van der Waals surface area contributed by atoms with E-state index in [0.717, 1.165) is 37.0 Å². The first-order chi connectivity index (χ1) is 10.2. The third-order valence-electron chi connectivity index (χ3n) is 5.15. The number of ether oxygens (including phenoxy) is 1. The van der Waals surface area contributed by atoms with E-state index in [1.807, 2.05) is 18.8 Å². The third kappa shape index (κ3) is 2.61. The molecule has 1 N–H and O–H groups in total. The van der Waals surface area contributed by atoms with E-state index in [-0.39, 0.29) is 11.6 Å². The number of halogens is 1. The predicted octanol–water partition coefficient (Wildman–Crippen LogP) is 1.98. The van der Waals surface area contributed by atoms with Crippen molar-refractivity contribution in [3.05, 3.63) is 16.9 Å². The molecule has 1 aromatic rings. The van der Waals surface area contributed by atoms with Crippen LogP contribution in [0, 0.1) is 0 Å². The average Bonchev–Trinajstić information content (AvgIpc) is 3.12. The van der Waals surface area contributed by atoms with Crippen LogP contribution in [0.5, 0.6) is 0 Å². The summed E-state index contributed by atoms with van der Waals surface area (Å²) in [6, 6.07) is 0.207. The minimum Gasteiger partial charge on any atom is -0.379 e. The summed E-state index contributed by atoms with van der Waals surface area (Å²) in [6.45, 7) is 3.68. The minimum atomic E-state index is 0.135. The molecule has 6 heteroatoms. The zero-order valence-electron chi connectivity index (χ0n) is 12.9. The molecule has 0 amide bonds. The molecule has 1 unspecified atom stereocenters. The largest absolute Gasteiger partial charge is 0.379 e. The number of aromatic nitrogens is 2. The molecule has 0 spiro atoms. The fraction of sp³-hybridized carbons (Fsp3) is 0.800. The van der Waals surface area contributed by atoms with Crippen molar-refractivity contribution < 1.29 is 4.74 Å². The normalized spacial score (nSPS) is 24.3. The van der Waals surface area contributed by atoms with Crippen molar-refractivity contribution in [1.29, 1.82) is 0 Å². The number of hydrogen-bond donors (Lipinski definition) is 1. The summed E-state index contributed by atoms with van der Waals surface area (Å²) in [6.07, 6.45) is 6.74. The molecule has 2 aliphatic rings. The fourth-order valence-electron chi connectivity index (χ4n) is 4.19. The molecular formula is C15H25ClN4O. The number of nitrogens with one attached hydrogen (secondary N) is 1. The van der Waals surface area contributed by atoms with Crippen molar-refractivity contribution >= 4 is 11.6 Å². The van der Waals surface area contributed by atoms with E-state index in [2.05, 4.69) is 15.3 Å². The predicted molar refractivity (Wildman–Crippen MR) is 83.6 cm³/mol. The second kappa shape index (κ2) is 6.24. The van der Waals surface area contributed by atoms with Crippen LogP contribution >= 0.6 is 11.6 Å². The van der Waals surface area contributed by atoms with E-state index >= 15 is 0 Å². The van der Waals surface area contributed by atoms with Crippen LogP contribution in [-0.4, -0.2) is 53.6 Å². The molecule has 1 saturated heterocycles. The lowest BCUT2D eigenvalue weighted by Crippen LogP contribution is -2.58. The van der Waals surface area contributed by atoms with E-state index < -0.39 is 0 Å².